The predicted octanol–water partition coefficient (Wildman–Crippen LogP) is 1.46. The summed E-state index contributed by atoms with van der Waals surface area (Å²) in [6.07, 6.45) is 0.810. The molecule has 90 valence electrons. The minimum Gasteiger partial charge on any atom is -0.399 e. The van der Waals surface area contributed by atoms with Gasteiger partial charge in [-0.2, -0.15) is 0 Å². The molecule has 0 fully saturated rings. The van der Waals surface area contributed by atoms with Crippen LogP contribution in [0.25, 0.3) is 0 Å². The van der Waals surface area contributed by atoms with Gasteiger partial charge in [0.15, 0.2) is 0 Å². The van der Waals surface area contributed by atoms with E-state index in [0.29, 0.717) is 24.4 Å². The van der Waals surface area contributed by atoms with Gasteiger partial charge in [-0.05, 0) is 24.6 Å². The fourth-order valence-electron chi connectivity index (χ4n) is 1.20. The molecule has 0 aliphatic rings. The number of methoxy groups -OCH3 is 1. The van der Waals surface area contributed by atoms with Crippen molar-refractivity contribution in [2.24, 2.45) is 0 Å². The molecule has 0 aliphatic heterocycles. The molecule has 0 aromatic heterocycles. The molecule has 0 saturated heterocycles. The predicted molar refractivity (Wildman–Crippen MR) is 66.9 cm³/mol. The Balaban J connectivity index is 0.00000225. The molecule has 4 nitrogen and oxygen atoms in total. The number of hydrogen-bond acceptors (Lipinski definition) is 3. The Hall–Kier alpha value is -1.26. The fourth-order valence-corrected chi connectivity index (χ4v) is 1.20. The standard InChI is InChI=1S/C11H16N2O2.ClH/c1-15-7-3-6-13-11(14)9-4-2-5-10(12)8-9;/h2,4-5,8H,3,6-7,12H2,1H3,(H,13,14);1H. The lowest BCUT2D eigenvalue weighted by atomic mass is 10.2. The molecule has 3 N–H and O–H groups in total. The first-order chi connectivity index (χ1) is 7.24. The van der Waals surface area contributed by atoms with E-state index >= 15 is 0 Å². The highest BCUT2D eigenvalue weighted by Crippen LogP contribution is 2.05. The van der Waals surface area contributed by atoms with Crippen LogP contribution in [0, 0.1) is 0 Å². The van der Waals surface area contributed by atoms with E-state index in [0.717, 1.165) is 6.42 Å². The summed E-state index contributed by atoms with van der Waals surface area (Å²) < 4.78 is 4.88. The quantitative estimate of drug-likeness (QED) is 0.609. The lowest BCUT2D eigenvalue weighted by molar-refractivity contribution is 0.0948. The molecule has 16 heavy (non-hydrogen) atoms. The molecule has 1 aromatic carbocycles. The first-order valence-electron chi connectivity index (χ1n) is 4.86. The van der Waals surface area contributed by atoms with Gasteiger partial charge >= 0.3 is 0 Å². The normalized spacial score (nSPS) is 9.31. The van der Waals surface area contributed by atoms with Gasteiger partial charge < -0.3 is 15.8 Å². The summed E-state index contributed by atoms with van der Waals surface area (Å²) in [7, 11) is 1.64. The van der Waals surface area contributed by atoms with E-state index < -0.39 is 0 Å². The minimum absolute atomic E-state index is 0. The van der Waals surface area contributed by atoms with E-state index in [2.05, 4.69) is 5.32 Å². The molecule has 0 saturated carbocycles. The van der Waals surface area contributed by atoms with Crippen molar-refractivity contribution in [2.75, 3.05) is 26.0 Å². The first-order valence-corrected chi connectivity index (χ1v) is 4.86. The second kappa shape index (κ2) is 7.96. The van der Waals surface area contributed by atoms with Crippen LogP contribution in [0.1, 0.15) is 16.8 Å². The molecule has 1 aromatic rings. The van der Waals surface area contributed by atoms with E-state index in [1.807, 2.05) is 0 Å². The molecule has 1 rings (SSSR count). The van der Waals surface area contributed by atoms with Gasteiger partial charge in [0.05, 0.1) is 0 Å². The summed E-state index contributed by atoms with van der Waals surface area (Å²) in [6, 6.07) is 6.91. The number of nitrogens with one attached hydrogen (secondary N) is 1. The molecule has 0 atom stereocenters. The Morgan fingerprint density at radius 1 is 1.50 bits per heavy atom. The molecule has 0 bridgehead atoms. The molecule has 5 heteroatoms. The van der Waals surface area contributed by atoms with E-state index in [1.165, 1.54) is 0 Å². The molecular formula is C11H17ClN2O2. The van der Waals surface area contributed by atoms with Gasteiger partial charge in [0.25, 0.3) is 5.91 Å². The van der Waals surface area contributed by atoms with Crippen molar-refractivity contribution in [3.63, 3.8) is 0 Å². The molecule has 0 spiro atoms. The third-order valence-electron chi connectivity index (χ3n) is 1.96. The van der Waals surface area contributed by atoms with Crippen LogP contribution in [0.3, 0.4) is 0 Å². The summed E-state index contributed by atoms with van der Waals surface area (Å²) in [5.41, 5.74) is 6.76. The Morgan fingerprint density at radius 3 is 2.88 bits per heavy atom. The Morgan fingerprint density at radius 2 is 2.25 bits per heavy atom. The number of nitrogen functional groups attached to an aromatic ring is 1. The largest absolute Gasteiger partial charge is 0.399 e. The number of anilines is 1. The highest BCUT2D eigenvalue weighted by Gasteiger charge is 2.03. The van der Waals surface area contributed by atoms with Crippen LogP contribution in [0.15, 0.2) is 24.3 Å². The summed E-state index contributed by atoms with van der Waals surface area (Å²) in [5.74, 6) is -0.0987. The van der Waals surface area contributed by atoms with E-state index in [9.17, 15) is 4.79 Å². The lowest BCUT2D eigenvalue weighted by Gasteiger charge is -2.05. The highest BCUT2D eigenvalue weighted by molar-refractivity contribution is 5.94. The number of benzene rings is 1. The smallest absolute Gasteiger partial charge is 0.251 e. The van der Waals surface area contributed by atoms with Gasteiger partial charge in [-0.3, -0.25) is 4.79 Å². The Labute approximate surface area is 102 Å². The number of amides is 1. The van der Waals surface area contributed by atoms with Gasteiger partial charge in [-0.1, -0.05) is 6.07 Å². The summed E-state index contributed by atoms with van der Waals surface area (Å²) >= 11 is 0. The average molecular weight is 245 g/mol. The zero-order valence-corrected chi connectivity index (χ0v) is 10.0. The number of hydrogen-bond donors (Lipinski definition) is 2. The van der Waals surface area contributed by atoms with Gasteiger partial charge in [-0.25, -0.2) is 0 Å². The van der Waals surface area contributed by atoms with E-state index in [4.69, 9.17) is 10.5 Å². The second-order valence-corrected chi connectivity index (χ2v) is 3.23. The van der Waals surface area contributed by atoms with Gasteiger partial charge in [0, 0.05) is 31.5 Å². The van der Waals surface area contributed by atoms with Crippen LogP contribution in [0.2, 0.25) is 0 Å². The Kier molecular flexibility index (Phi) is 7.33. The van der Waals surface area contributed by atoms with Crippen LogP contribution in [-0.2, 0) is 4.74 Å². The summed E-state index contributed by atoms with van der Waals surface area (Å²) in [6.45, 7) is 1.26. The van der Waals surface area contributed by atoms with E-state index in [1.54, 1.807) is 31.4 Å². The first kappa shape index (κ1) is 14.7. The summed E-state index contributed by atoms with van der Waals surface area (Å²) in [4.78, 5) is 11.6. The minimum atomic E-state index is -0.0987. The van der Waals surface area contributed by atoms with Crippen molar-refractivity contribution in [2.45, 2.75) is 6.42 Å². The number of nitrogens with two attached hydrogens (primary N) is 1. The molecule has 0 aliphatic carbocycles. The maximum Gasteiger partial charge on any atom is 0.251 e. The molecule has 0 heterocycles. The third kappa shape index (κ3) is 5.00. The summed E-state index contributed by atoms with van der Waals surface area (Å²) in [5, 5.41) is 2.79. The number of ether oxygens (including phenoxy) is 1. The van der Waals surface area contributed by atoms with Gasteiger partial charge in [-0.15, -0.1) is 12.4 Å². The number of halogens is 1. The van der Waals surface area contributed by atoms with E-state index in [-0.39, 0.29) is 18.3 Å². The number of carbonyl (C=O) groups excluding carboxylic acids is 1. The number of carbonyl (C=O) groups is 1. The van der Waals surface area contributed by atoms with Crippen molar-refractivity contribution < 1.29 is 9.53 Å². The van der Waals surface area contributed by atoms with Crippen LogP contribution in [0.4, 0.5) is 5.69 Å². The average Bonchev–Trinajstić information content (AvgIpc) is 2.24. The third-order valence-corrected chi connectivity index (χ3v) is 1.96. The lowest BCUT2D eigenvalue weighted by Crippen LogP contribution is -2.25. The molecular weight excluding hydrogens is 228 g/mol. The Bertz CT molecular complexity index is 332. The van der Waals surface area contributed by atoms with Crippen molar-refractivity contribution >= 4 is 24.0 Å². The maximum absolute atomic E-state index is 11.6. The van der Waals surface area contributed by atoms with Crippen molar-refractivity contribution in [3.05, 3.63) is 29.8 Å². The van der Waals surface area contributed by atoms with Crippen LogP contribution >= 0.6 is 12.4 Å². The second-order valence-electron chi connectivity index (χ2n) is 3.23. The SMILES string of the molecule is COCCCNC(=O)c1cccc(N)c1.Cl. The van der Waals surface area contributed by atoms with Crippen molar-refractivity contribution in [1.29, 1.82) is 0 Å². The zero-order chi connectivity index (χ0) is 11.1. The van der Waals surface area contributed by atoms with Crippen LogP contribution < -0.4 is 11.1 Å². The highest BCUT2D eigenvalue weighted by atomic mass is 35.5. The van der Waals surface area contributed by atoms with Gasteiger partial charge in [0.1, 0.15) is 0 Å². The van der Waals surface area contributed by atoms with Gasteiger partial charge in [0.2, 0.25) is 0 Å². The molecule has 0 radical (unpaired) electrons. The maximum atomic E-state index is 11.6. The topological polar surface area (TPSA) is 64.3 Å². The van der Waals surface area contributed by atoms with Crippen molar-refractivity contribution in [1.82, 2.24) is 5.32 Å². The monoisotopic (exact) mass is 244 g/mol. The van der Waals surface area contributed by atoms with Crippen LogP contribution in [-0.4, -0.2) is 26.2 Å². The molecule has 0 unspecified atom stereocenters. The zero-order valence-electron chi connectivity index (χ0n) is 9.23. The number of rotatable bonds is 5. The van der Waals surface area contributed by atoms with Crippen LogP contribution in [0.5, 0.6) is 0 Å². The molecule has 1 amide bonds. The van der Waals surface area contributed by atoms with Crippen molar-refractivity contribution in [3.8, 4) is 0 Å². The fraction of sp³-hybridized carbons (Fsp3) is 0.364.